The number of hydrogen-bond acceptors (Lipinski definition) is 4. The third kappa shape index (κ3) is 4.29. The van der Waals surface area contributed by atoms with E-state index in [1.807, 2.05) is 12.1 Å². The number of hydrogen-bond donors (Lipinski definition) is 0. The van der Waals surface area contributed by atoms with Crippen molar-refractivity contribution in [1.82, 2.24) is 0 Å². The first-order valence-electron chi connectivity index (χ1n) is 5.09. The summed E-state index contributed by atoms with van der Waals surface area (Å²) in [6.45, 7) is 2.07. The van der Waals surface area contributed by atoms with Crippen LogP contribution in [-0.4, -0.2) is 20.5 Å². The molecule has 0 spiro atoms. The lowest BCUT2D eigenvalue weighted by Gasteiger charge is -2.24. The van der Waals surface area contributed by atoms with Crippen LogP contribution in [-0.2, 0) is 9.47 Å². The van der Waals surface area contributed by atoms with Gasteiger partial charge in [-0.2, -0.15) is 10.5 Å². The van der Waals surface area contributed by atoms with Crippen LogP contribution in [0.25, 0.3) is 0 Å². The molecule has 0 bridgehead atoms. The van der Waals surface area contributed by atoms with E-state index in [0.29, 0.717) is 0 Å². The first-order valence-corrected chi connectivity index (χ1v) is 5.09. The Balaban J connectivity index is 4.56. The van der Waals surface area contributed by atoms with Crippen LogP contribution < -0.4 is 0 Å². The molecule has 15 heavy (non-hydrogen) atoms. The van der Waals surface area contributed by atoms with Gasteiger partial charge in [-0.1, -0.05) is 19.8 Å². The molecule has 0 aliphatic heterocycles. The minimum atomic E-state index is -0.665. The number of ether oxygens (including phenoxy) is 2. The van der Waals surface area contributed by atoms with Crippen LogP contribution in [0.4, 0.5) is 0 Å². The maximum Gasteiger partial charge on any atom is 0.161 e. The van der Waals surface area contributed by atoms with Gasteiger partial charge in [0.1, 0.15) is 5.92 Å². The topological polar surface area (TPSA) is 66.0 Å². The van der Waals surface area contributed by atoms with E-state index in [4.69, 9.17) is 20.0 Å². The molecule has 0 aliphatic carbocycles. The molecular formula is C11H18N2O2. The van der Waals surface area contributed by atoms with Gasteiger partial charge in [-0.15, -0.1) is 0 Å². The molecule has 0 aromatic rings. The number of nitrogens with zero attached hydrogens (tertiary/aromatic N) is 2. The van der Waals surface area contributed by atoms with Crippen LogP contribution in [0.5, 0.6) is 0 Å². The Hall–Kier alpha value is -1.10. The summed E-state index contributed by atoms with van der Waals surface area (Å²) in [7, 11) is 3.05. The quantitative estimate of drug-likeness (QED) is 0.603. The number of rotatable bonds is 7. The zero-order chi connectivity index (χ0) is 11.7. The Labute approximate surface area is 91.4 Å². The zero-order valence-electron chi connectivity index (χ0n) is 9.56. The summed E-state index contributed by atoms with van der Waals surface area (Å²) in [5.74, 6) is -0.837. The number of nitriles is 2. The van der Waals surface area contributed by atoms with Crippen molar-refractivity contribution in [2.45, 2.75) is 32.5 Å². The van der Waals surface area contributed by atoms with E-state index in [9.17, 15) is 0 Å². The van der Waals surface area contributed by atoms with Crippen molar-refractivity contribution < 1.29 is 9.47 Å². The van der Waals surface area contributed by atoms with Gasteiger partial charge in [0.2, 0.25) is 0 Å². The van der Waals surface area contributed by atoms with Crippen LogP contribution in [0.15, 0.2) is 0 Å². The predicted molar refractivity (Wildman–Crippen MR) is 55.5 cm³/mol. The molecule has 0 heterocycles. The Morgan fingerprint density at radius 1 is 1.13 bits per heavy atom. The van der Waals surface area contributed by atoms with Crippen molar-refractivity contribution in [3.63, 3.8) is 0 Å². The highest BCUT2D eigenvalue weighted by Crippen LogP contribution is 2.24. The summed E-state index contributed by atoms with van der Waals surface area (Å²) in [5.41, 5.74) is 0. The van der Waals surface area contributed by atoms with Gasteiger partial charge in [-0.25, -0.2) is 0 Å². The molecule has 0 fully saturated rings. The molecular weight excluding hydrogens is 192 g/mol. The second-order valence-corrected chi connectivity index (χ2v) is 3.38. The third-order valence-corrected chi connectivity index (χ3v) is 2.41. The van der Waals surface area contributed by atoms with E-state index in [1.165, 1.54) is 14.2 Å². The van der Waals surface area contributed by atoms with Crippen LogP contribution in [0.2, 0.25) is 0 Å². The first kappa shape index (κ1) is 13.9. The van der Waals surface area contributed by atoms with Gasteiger partial charge in [-0.3, -0.25) is 0 Å². The molecule has 0 N–H and O–H groups in total. The fraction of sp³-hybridized carbons (Fsp3) is 0.818. The second-order valence-electron chi connectivity index (χ2n) is 3.38. The molecule has 1 unspecified atom stereocenters. The van der Waals surface area contributed by atoms with Crippen LogP contribution in [0, 0.1) is 34.5 Å². The molecule has 0 saturated heterocycles. The fourth-order valence-corrected chi connectivity index (χ4v) is 1.57. The van der Waals surface area contributed by atoms with E-state index in [2.05, 4.69) is 6.92 Å². The van der Waals surface area contributed by atoms with Crippen molar-refractivity contribution in [2.75, 3.05) is 14.2 Å². The van der Waals surface area contributed by atoms with E-state index in [0.717, 1.165) is 19.3 Å². The smallest absolute Gasteiger partial charge is 0.161 e. The van der Waals surface area contributed by atoms with E-state index in [-0.39, 0.29) is 5.92 Å². The second kappa shape index (κ2) is 8.23. The highest BCUT2D eigenvalue weighted by molar-refractivity contribution is 5.03. The van der Waals surface area contributed by atoms with Crippen LogP contribution in [0.1, 0.15) is 26.2 Å². The van der Waals surface area contributed by atoms with Crippen molar-refractivity contribution in [2.24, 2.45) is 11.8 Å². The lowest BCUT2D eigenvalue weighted by molar-refractivity contribution is -0.143. The Morgan fingerprint density at radius 2 is 1.67 bits per heavy atom. The maximum atomic E-state index is 8.85. The Kier molecular flexibility index (Phi) is 7.62. The predicted octanol–water partition coefficient (Wildman–Crippen LogP) is 2.08. The van der Waals surface area contributed by atoms with Crippen LogP contribution in [0.3, 0.4) is 0 Å². The van der Waals surface area contributed by atoms with Crippen LogP contribution >= 0.6 is 0 Å². The summed E-state index contributed by atoms with van der Waals surface area (Å²) in [6.07, 6.45) is 2.30. The van der Waals surface area contributed by atoms with Crippen molar-refractivity contribution >= 4 is 0 Å². The normalized spacial score (nSPS) is 12.5. The molecule has 0 aliphatic rings. The highest BCUT2D eigenvalue weighted by atomic mass is 16.7. The molecule has 0 rings (SSSR count). The van der Waals surface area contributed by atoms with E-state index >= 15 is 0 Å². The summed E-state index contributed by atoms with van der Waals surface area (Å²) in [5, 5.41) is 17.7. The third-order valence-electron chi connectivity index (χ3n) is 2.41. The van der Waals surface area contributed by atoms with Gasteiger partial charge in [0.15, 0.2) is 6.29 Å². The van der Waals surface area contributed by atoms with Gasteiger partial charge in [-0.05, 0) is 6.42 Å². The molecule has 0 aromatic carbocycles. The molecule has 84 valence electrons. The Bertz CT molecular complexity index is 224. The monoisotopic (exact) mass is 210 g/mol. The van der Waals surface area contributed by atoms with Gasteiger partial charge in [0.25, 0.3) is 0 Å². The summed E-state index contributed by atoms with van der Waals surface area (Å²) >= 11 is 0. The van der Waals surface area contributed by atoms with Crippen molar-refractivity contribution in [3.8, 4) is 12.1 Å². The molecule has 0 amide bonds. The summed E-state index contributed by atoms with van der Waals surface area (Å²) < 4.78 is 10.2. The molecule has 1 atom stereocenters. The lowest BCUT2D eigenvalue weighted by Crippen LogP contribution is -2.30. The van der Waals surface area contributed by atoms with Gasteiger partial charge in [0, 0.05) is 20.1 Å². The molecule has 0 aromatic heterocycles. The summed E-state index contributed by atoms with van der Waals surface area (Å²) in [6, 6.07) is 3.98. The highest BCUT2D eigenvalue weighted by Gasteiger charge is 2.29. The molecule has 0 radical (unpaired) electrons. The van der Waals surface area contributed by atoms with Gasteiger partial charge < -0.3 is 9.47 Å². The Morgan fingerprint density at radius 3 is 2.00 bits per heavy atom. The minimum Gasteiger partial charge on any atom is -0.356 e. The van der Waals surface area contributed by atoms with Gasteiger partial charge >= 0.3 is 0 Å². The molecule has 4 nitrogen and oxygen atoms in total. The minimum absolute atomic E-state index is 0.171. The number of unbranched alkanes of at least 4 members (excludes halogenated alkanes) is 1. The van der Waals surface area contributed by atoms with E-state index in [1.54, 1.807) is 0 Å². The molecule has 0 saturated carbocycles. The standard InChI is InChI=1S/C11H18N2O2/c1-4-5-6-10(9(7-12)8-13)11(14-2)15-3/h9-11H,4-6H2,1-3H3. The average Bonchev–Trinajstić information content (AvgIpc) is 2.28. The van der Waals surface area contributed by atoms with E-state index < -0.39 is 12.2 Å². The first-order chi connectivity index (χ1) is 7.24. The molecule has 4 heteroatoms. The largest absolute Gasteiger partial charge is 0.356 e. The SMILES string of the molecule is CCCCC(C(C#N)C#N)C(OC)OC. The van der Waals surface area contributed by atoms with Crippen molar-refractivity contribution in [1.29, 1.82) is 10.5 Å². The fourth-order valence-electron chi connectivity index (χ4n) is 1.57. The average molecular weight is 210 g/mol. The van der Waals surface area contributed by atoms with Gasteiger partial charge in [0.05, 0.1) is 12.1 Å². The lowest BCUT2D eigenvalue weighted by atomic mass is 9.89. The van der Waals surface area contributed by atoms with Crippen molar-refractivity contribution in [3.05, 3.63) is 0 Å². The zero-order valence-corrected chi connectivity index (χ0v) is 9.56. The number of methoxy groups -OCH3 is 2. The summed E-state index contributed by atoms with van der Waals surface area (Å²) in [4.78, 5) is 0. The maximum absolute atomic E-state index is 8.85.